The van der Waals surface area contributed by atoms with Gasteiger partial charge in [0.25, 0.3) is 0 Å². The van der Waals surface area contributed by atoms with Gasteiger partial charge in [0.05, 0.1) is 27.5 Å². The van der Waals surface area contributed by atoms with Gasteiger partial charge in [0.15, 0.2) is 5.58 Å². The maximum Gasteiger partial charge on any atom is 0.335 e. The fraction of sp³-hybridized carbons (Fsp3) is 0. The molecule has 5 rings (SSSR count). The van der Waals surface area contributed by atoms with Crippen molar-refractivity contribution in [3.63, 3.8) is 0 Å². The first-order valence-electron chi connectivity index (χ1n) is 9.80. The first-order valence-corrected chi connectivity index (χ1v) is 10.6. The summed E-state index contributed by atoms with van der Waals surface area (Å²) in [6.07, 6.45) is 1.59. The van der Waals surface area contributed by atoms with E-state index in [1.807, 2.05) is 6.07 Å². The van der Waals surface area contributed by atoms with Crippen molar-refractivity contribution in [2.45, 2.75) is 0 Å². The lowest BCUT2D eigenvalue weighted by Gasteiger charge is -1.99. The van der Waals surface area contributed by atoms with Crippen LogP contribution in [0.25, 0.3) is 33.9 Å². The molecule has 8 heteroatoms. The number of furan rings is 1. The zero-order valence-corrected chi connectivity index (χ0v) is 18.3. The van der Waals surface area contributed by atoms with Gasteiger partial charge >= 0.3 is 5.97 Å². The third-order valence-electron chi connectivity index (χ3n) is 4.90. The van der Waals surface area contributed by atoms with Gasteiger partial charge in [0.2, 0.25) is 5.89 Å². The second-order valence-corrected chi connectivity index (χ2v) is 7.96. The molecule has 0 saturated carbocycles. The Morgan fingerprint density at radius 3 is 2.61 bits per heavy atom. The molecule has 1 N–H and O–H groups in total. The monoisotopic (exact) mass is 476 g/mol. The number of oxazole rings is 1. The predicted molar refractivity (Wildman–Crippen MR) is 128 cm³/mol. The Labute approximate surface area is 197 Å². The van der Waals surface area contributed by atoms with E-state index in [2.05, 4.69) is 9.98 Å². The molecule has 0 aliphatic carbocycles. The Bertz CT molecular complexity index is 1530. The highest BCUT2D eigenvalue weighted by atomic mass is 35.5. The normalized spacial score (nSPS) is 11.5. The fourth-order valence-corrected chi connectivity index (χ4v) is 3.57. The summed E-state index contributed by atoms with van der Waals surface area (Å²) < 4.78 is 11.6. The molecule has 0 spiro atoms. The molecule has 2 aromatic heterocycles. The van der Waals surface area contributed by atoms with Crippen LogP contribution in [0.5, 0.6) is 0 Å². The Morgan fingerprint density at radius 2 is 1.79 bits per heavy atom. The number of hydrogen-bond acceptors (Lipinski definition) is 5. The van der Waals surface area contributed by atoms with Crippen molar-refractivity contribution in [1.29, 1.82) is 0 Å². The van der Waals surface area contributed by atoms with Crippen molar-refractivity contribution in [1.82, 2.24) is 4.98 Å². The third kappa shape index (κ3) is 4.39. The maximum atomic E-state index is 11.2. The minimum absolute atomic E-state index is 0.195. The van der Waals surface area contributed by atoms with Crippen LogP contribution in [0, 0.1) is 0 Å². The summed E-state index contributed by atoms with van der Waals surface area (Å²) >= 11 is 12.1. The van der Waals surface area contributed by atoms with Crippen LogP contribution in [-0.4, -0.2) is 22.3 Å². The van der Waals surface area contributed by atoms with Crippen molar-refractivity contribution in [2.75, 3.05) is 0 Å². The number of carbonyl (C=O) groups is 1. The standard InChI is InChI=1S/C25H14Cl2N2O4/c26-19-7-4-15(11-20(19)27)24-29-21-12-17(5-8-23(21)33-24)28-13-18-6-9-22(32-18)14-2-1-3-16(10-14)25(30)31/h1-13H,(H,30,31). The summed E-state index contributed by atoms with van der Waals surface area (Å²) in [6, 6.07) is 20.7. The number of fused-ring (bicyclic) bond motifs is 1. The molecule has 0 aliphatic heterocycles. The molecule has 0 aliphatic rings. The number of aliphatic imine (C=N–C) groups is 1. The molecule has 0 saturated heterocycles. The quantitative estimate of drug-likeness (QED) is 0.265. The van der Waals surface area contributed by atoms with Gasteiger partial charge in [-0.25, -0.2) is 9.78 Å². The maximum absolute atomic E-state index is 11.2. The third-order valence-corrected chi connectivity index (χ3v) is 5.64. The van der Waals surface area contributed by atoms with Crippen LogP contribution in [0.15, 0.2) is 86.6 Å². The van der Waals surface area contributed by atoms with E-state index in [1.165, 1.54) is 6.07 Å². The first kappa shape index (κ1) is 21.0. The lowest BCUT2D eigenvalue weighted by molar-refractivity contribution is 0.0697. The largest absolute Gasteiger partial charge is 0.478 e. The average Bonchev–Trinajstić information content (AvgIpc) is 3.46. The van der Waals surface area contributed by atoms with E-state index >= 15 is 0 Å². The molecule has 33 heavy (non-hydrogen) atoms. The Balaban J connectivity index is 1.38. The molecule has 2 heterocycles. The van der Waals surface area contributed by atoms with E-state index in [-0.39, 0.29) is 5.56 Å². The molecule has 0 amide bonds. The van der Waals surface area contributed by atoms with E-state index in [1.54, 1.807) is 66.9 Å². The lowest BCUT2D eigenvalue weighted by Crippen LogP contribution is -1.95. The number of rotatable bonds is 5. The molecule has 162 valence electrons. The van der Waals surface area contributed by atoms with Crippen molar-refractivity contribution in [3.8, 4) is 22.8 Å². The smallest absolute Gasteiger partial charge is 0.335 e. The minimum atomic E-state index is -0.990. The van der Waals surface area contributed by atoms with Crippen LogP contribution in [-0.2, 0) is 0 Å². The average molecular weight is 477 g/mol. The Kier molecular flexibility index (Phi) is 5.46. The van der Waals surface area contributed by atoms with Crippen molar-refractivity contribution in [3.05, 3.63) is 94.2 Å². The molecule has 0 atom stereocenters. The zero-order chi connectivity index (χ0) is 22.9. The second-order valence-electron chi connectivity index (χ2n) is 7.15. The van der Waals surface area contributed by atoms with E-state index in [9.17, 15) is 4.79 Å². The van der Waals surface area contributed by atoms with Crippen LogP contribution in [0.3, 0.4) is 0 Å². The summed E-state index contributed by atoms with van der Waals surface area (Å²) in [5.41, 5.74) is 3.53. The van der Waals surface area contributed by atoms with Gasteiger partial charge < -0.3 is 13.9 Å². The number of halogens is 2. The van der Waals surface area contributed by atoms with Gasteiger partial charge in [-0.05, 0) is 60.7 Å². The molecular weight excluding hydrogens is 463 g/mol. The van der Waals surface area contributed by atoms with Crippen LogP contribution >= 0.6 is 23.2 Å². The topological polar surface area (TPSA) is 88.8 Å². The highest BCUT2D eigenvalue weighted by Crippen LogP contribution is 2.31. The summed E-state index contributed by atoms with van der Waals surface area (Å²) in [4.78, 5) is 20.2. The molecule has 0 radical (unpaired) electrons. The molecule has 5 aromatic rings. The number of hydrogen-bond donors (Lipinski definition) is 1. The number of aromatic nitrogens is 1. The van der Waals surface area contributed by atoms with E-state index in [4.69, 9.17) is 37.1 Å². The van der Waals surface area contributed by atoms with Crippen molar-refractivity contribution < 1.29 is 18.7 Å². The summed E-state index contributed by atoms with van der Waals surface area (Å²) in [5, 5.41) is 10.0. The lowest BCUT2D eigenvalue weighted by atomic mass is 10.1. The molecule has 3 aromatic carbocycles. The predicted octanol–water partition coefficient (Wildman–Crippen LogP) is 7.51. The van der Waals surface area contributed by atoms with E-state index in [0.29, 0.717) is 49.8 Å². The number of benzene rings is 3. The summed E-state index contributed by atoms with van der Waals surface area (Å²) in [6.45, 7) is 0. The SMILES string of the molecule is O=C(O)c1cccc(-c2ccc(C=Nc3ccc4oc(-c5ccc(Cl)c(Cl)c5)nc4c3)o2)c1. The van der Waals surface area contributed by atoms with Gasteiger partial charge in [0.1, 0.15) is 17.0 Å². The Hall–Kier alpha value is -3.87. The van der Waals surface area contributed by atoms with E-state index < -0.39 is 5.97 Å². The molecular formula is C25H14Cl2N2O4. The highest BCUT2D eigenvalue weighted by molar-refractivity contribution is 6.42. The molecule has 0 fully saturated rings. The van der Waals surface area contributed by atoms with E-state index in [0.717, 1.165) is 5.56 Å². The van der Waals surface area contributed by atoms with Gasteiger partial charge in [0, 0.05) is 11.1 Å². The minimum Gasteiger partial charge on any atom is -0.478 e. The summed E-state index contributed by atoms with van der Waals surface area (Å²) in [7, 11) is 0. The zero-order valence-electron chi connectivity index (χ0n) is 16.8. The second kappa shape index (κ2) is 8.58. The molecule has 0 bridgehead atoms. The number of carboxylic acid groups (broad SMARTS) is 1. The van der Waals surface area contributed by atoms with Crippen LogP contribution in [0.4, 0.5) is 5.69 Å². The van der Waals surface area contributed by atoms with Crippen LogP contribution < -0.4 is 0 Å². The molecule has 6 nitrogen and oxygen atoms in total. The Morgan fingerprint density at radius 1 is 0.909 bits per heavy atom. The van der Waals surface area contributed by atoms with Crippen molar-refractivity contribution >= 4 is 52.2 Å². The van der Waals surface area contributed by atoms with Gasteiger partial charge in [-0.3, -0.25) is 4.99 Å². The number of aromatic carboxylic acids is 1. The fourth-order valence-electron chi connectivity index (χ4n) is 3.27. The van der Waals surface area contributed by atoms with Crippen LogP contribution in [0.1, 0.15) is 16.1 Å². The number of nitrogens with zero attached hydrogens (tertiary/aromatic N) is 2. The van der Waals surface area contributed by atoms with Gasteiger partial charge in [-0.2, -0.15) is 0 Å². The van der Waals surface area contributed by atoms with Gasteiger partial charge in [-0.1, -0.05) is 35.3 Å². The van der Waals surface area contributed by atoms with Crippen molar-refractivity contribution in [2.24, 2.45) is 4.99 Å². The summed E-state index contributed by atoms with van der Waals surface area (Å²) in [5.74, 6) is 0.528. The highest BCUT2D eigenvalue weighted by Gasteiger charge is 2.11. The van der Waals surface area contributed by atoms with Crippen LogP contribution in [0.2, 0.25) is 10.0 Å². The molecule has 0 unspecified atom stereocenters. The van der Waals surface area contributed by atoms with Gasteiger partial charge in [-0.15, -0.1) is 0 Å². The number of carboxylic acids is 1. The first-order chi connectivity index (χ1) is 16.0.